The van der Waals surface area contributed by atoms with Crippen molar-refractivity contribution in [2.24, 2.45) is 5.92 Å². The van der Waals surface area contributed by atoms with Crippen molar-refractivity contribution in [2.45, 2.75) is 44.4 Å². The van der Waals surface area contributed by atoms with Crippen molar-refractivity contribution in [1.29, 1.82) is 0 Å². The number of halogens is 1. The third-order valence-corrected chi connectivity index (χ3v) is 4.95. The molecular weight excluding hydrogens is 321 g/mol. The first kappa shape index (κ1) is 17.6. The van der Waals surface area contributed by atoms with Crippen LogP contribution in [0.15, 0.2) is 42.7 Å². The van der Waals surface area contributed by atoms with E-state index in [1.807, 2.05) is 24.4 Å². The fraction of sp³-hybridized carbons (Fsp3) is 0.474. The number of hydrogen-bond donors (Lipinski definition) is 2. The number of nitrogens with zero attached hydrogens (tertiary/aromatic N) is 2. The summed E-state index contributed by atoms with van der Waals surface area (Å²) in [5.41, 5.74) is -0.126. The van der Waals surface area contributed by atoms with Gasteiger partial charge in [0.15, 0.2) is 0 Å². The minimum atomic E-state index is -1.32. The monoisotopic (exact) mass is 345 g/mol. The smallest absolute Gasteiger partial charge is 0.306 e. The number of carboxylic acids is 1. The molecule has 3 rings (SSSR count). The molecule has 1 aromatic carbocycles. The summed E-state index contributed by atoms with van der Waals surface area (Å²) >= 11 is 0. The largest absolute Gasteiger partial charge is 0.481 e. The van der Waals surface area contributed by atoms with Crippen LogP contribution in [0.3, 0.4) is 0 Å². The van der Waals surface area contributed by atoms with Gasteiger partial charge >= 0.3 is 5.97 Å². The van der Waals surface area contributed by atoms with Crippen LogP contribution in [0, 0.1) is 5.92 Å². The lowest BCUT2D eigenvalue weighted by molar-refractivity contribution is -0.143. The van der Waals surface area contributed by atoms with Crippen LogP contribution in [-0.2, 0) is 17.9 Å². The third kappa shape index (κ3) is 4.66. The molecule has 25 heavy (non-hydrogen) atoms. The molecule has 134 valence electrons. The van der Waals surface area contributed by atoms with Gasteiger partial charge in [-0.15, -0.1) is 0 Å². The highest BCUT2D eigenvalue weighted by atomic mass is 19.1. The first-order valence-corrected chi connectivity index (χ1v) is 8.72. The van der Waals surface area contributed by atoms with Crippen LogP contribution in [0.2, 0.25) is 0 Å². The molecule has 1 fully saturated rings. The molecule has 0 aliphatic heterocycles. The molecule has 1 aromatic heterocycles. The van der Waals surface area contributed by atoms with E-state index in [4.69, 9.17) is 5.11 Å². The fourth-order valence-electron chi connectivity index (χ4n) is 3.39. The van der Waals surface area contributed by atoms with Crippen molar-refractivity contribution in [3.05, 3.63) is 54.1 Å². The summed E-state index contributed by atoms with van der Waals surface area (Å²) in [4.78, 5) is 15.3. The zero-order valence-corrected chi connectivity index (χ0v) is 14.2. The first-order valence-electron chi connectivity index (χ1n) is 8.72. The minimum absolute atomic E-state index is 0.234. The van der Waals surface area contributed by atoms with E-state index in [2.05, 4.69) is 27.0 Å². The molecule has 2 N–H and O–H groups in total. The van der Waals surface area contributed by atoms with E-state index in [0.717, 1.165) is 12.4 Å². The van der Waals surface area contributed by atoms with E-state index < -0.39 is 17.6 Å². The highest BCUT2D eigenvalue weighted by Gasteiger charge is 2.37. The molecule has 0 unspecified atom stereocenters. The molecule has 1 saturated carbocycles. The summed E-state index contributed by atoms with van der Waals surface area (Å²) in [6.45, 7) is 1.46. The summed E-state index contributed by atoms with van der Waals surface area (Å²) in [5.74, 6) is -0.335. The Balaban J connectivity index is 1.50. The number of hydrogen-bond acceptors (Lipinski definition) is 3. The number of alkyl halides is 1. The van der Waals surface area contributed by atoms with E-state index in [0.29, 0.717) is 32.2 Å². The lowest BCUT2D eigenvalue weighted by Gasteiger charge is -2.32. The fourth-order valence-corrected chi connectivity index (χ4v) is 3.39. The Morgan fingerprint density at radius 3 is 2.72 bits per heavy atom. The standard InChI is InChI=1S/C19H24FN3O2/c20-19(8-6-16(7-9-19)18(24)25)14-21-12-17-22-10-11-23(17)13-15-4-2-1-3-5-15/h1-5,10-11,16,21H,6-9,12-14H2,(H,24,25). The number of rotatable bonds is 7. The SMILES string of the molecule is O=C(O)C1CCC(F)(CNCc2nccn2Cc2ccccc2)CC1. The van der Waals surface area contributed by atoms with Crippen molar-refractivity contribution in [3.63, 3.8) is 0 Å². The summed E-state index contributed by atoms with van der Waals surface area (Å²) in [7, 11) is 0. The number of carboxylic acid groups (broad SMARTS) is 1. The number of aromatic nitrogens is 2. The van der Waals surface area contributed by atoms with Crippen LogP contribution in [0.5, 0.6) is 0 Å². The van der Waals surface area contributed by atoms with Crippen LogP contribution >= 0.6 is 0 Å². The molecule has 5 nitrogen and oxygen atoms in total. The zero-order chi connectivity index (χ0) is 17.7. The Kier molecular flexibility index (Phi) is 5.48. The van der Waals surface area contributed by atoms with Crippen LogP contribution in [0.1, 0.15) is 37.1 Å². The van der Waals surface area contributed by atoms with Gasteiger partial charge in [0.25, 0.3) is 0 Å². The van der Waals surface area contributed by atoms with Gasteiger partial charge in [-0.3, -0.25) is 4.79 Å². The van der Waals surface area contributed by atoms with E-state index in [1.54, 1.807) is 6.20 Å². The zero-order valence-electron chi connectivity index (χ0n) is 14.2. The van der Waals surface area contributed by atoms with Crippen LogP contribution in [-0.4, -0.2) is 32.8 Å². The average molecular weight is 345 g/mol. The predicted molar refractivity (Wildman–Crippen MR) is 92.9 cm³/mol. The van der Waals surface area contributed by atoms with Crippen molar-refractivity contribution < 1.29 is 14.3 Å². The van der Waals surface area contributed by atoms with Crippen molar-refractivity contribution >= 4 is 5.97 Å². The lowest BCUT2D eigenvalue weighted by Crippen LogP contribution is -2.41. The number of nitrogens with one attached hydrogen (secondary N) is 1. The van der Waals surface area contributed by atoms with Gasteiger partial charge in [-0.2, -0.15) is 0 Å². The van der Waals surface area contributed by atoms with Gasteiger partial charge in [-0.05, 0) is 31.2 Å². The summed E-state index contributed by atoms with van der Waals surface area (Å²) < 4.78 is 16.9. The molecule has 0 saturated heterocycles. The van der Waals surface area contributed by atoms with Crippen molar-refractivity contribution in [1.82, 2.24) is 14.9 Å². The van der Waals surface area contributed by atoms with E-state index in [-0.39, 0.29) is 6.54 Å². The van der Waals surface area contributed by atoms with Crippen LogP contribution in [0.25, 0.3) is 0 Å². The molecule has 0 spiro atoms. The quantitative estimate of drug-likeness (QED) is 0.809. The number of benzene rings is 1. The maximum atomic E-state index is 14.8. The van der Waals surface area contributed by atoms with Gasteiger partial charge in [-0.1, -0.05) is 30.3 Å². The van der Waals surface area contributed by atoms with Gasteiger partial charge in [0.05, 0.1) is 12.5 Å². The summed E-state index contributed by atoms with van der Waals surface area (Å²) in [6, 6.07) is 10.1. The van der Waals surface area contributed by atoms with E-state index >= 15 is 0 Å². The first-order chi connectivity index (χ1) is 12.1. The number of aliphatic carboxylic acids is 1. The number of imidazole rings is 1. The Hall–Kier alpha value is -2.21. The third-order valence-electron chi connectivity index (χ3n) is 4.95. The maximum Gasteiger partial charge on any atom is 0.306 e. The average Bonchev–Trinajstić information content (AvgIpc) is 3.03. The van der Waals surface area contributed by atoms with E-state index in [9.17, 15) is 9.18 Å². The van der Waals surface area contributed by atoms with Crippen LogP contribution in [0.4, 0.5) is 4.39 Å². The molecule has 1 aliphatic rings. The lowest BCUT2D eigenvalue weighted by atomic mass is 9.80. The predicted octanol–water partition coefficient (Wildman–Crippen LogP) is 3.00. The molecule has 0 bridgehead atoms. The van der Waals surface area contributed by atoms with Crippen LogP contribution < -0.4 is 5.32 Å². The van der Waals surface area contributed by atoms with Crippen molar-refractivity contribution in [2.75, 3.05) is 6.54 Å². The minimum Gasteiger partial charge on any atom is -0.481 e. The topological polar surface area (TPSA) is 67.2 Å². The summed E-state index contributed by atoms with van der Waals surface area (Å²) in [6.07, 6.45) is 5.10. The van der Waals surface area contributed by atoms with Gasteiger partial charge in [-0.25, -0.2) is 9.37 Å². The van der Waals surface area contributed by atoms with Gasteiger partial charge in [0, 0.05) is 25.5 Å². The van der Waals surface area contributed by atoms with Gasteiger partial charge < -0.3 is 15.0 Å². The molecule has 0 atom stereocenters. The Bertz CT molecular complexity index is 694. The van der Waals surface area contributed by atoms with Gasteiger partial charge in [0.2, 0.25) is 0 Å². The molecule has 0 amide bonds. The highest BCUT2D eigenvalue weighted by molar-refractivity contribution is 5.70. The van der Waals surface area contributed by atoms with Gasteiger partial charge in [0.1, 0.15) is 11.5 Å². The Labute approximate surface area is 146 Å². The second-order valence-electron chi connectivity index (χ2n) is 6.82. The molecule has 0 radical (unpaired) electrons. The highest BCUT2D eigenvalue weighted by Crippen LogP contribution is 2.34. The Morgan fingerprint density at radius 2 is 2.04 bits per heavy atom. The molecule has 1 heterocycles. The second-order valence-corrected chi connectivity index (χ2v) is 6.82. The normalized spacial score (nSPS) is 23.5. The number of carbonyl (C=O) groups is 1. The Morgan fingerprint density at radius 1 is 1.32 bits per heavy atom. The molecule has 1 aliphatic carbocycles. The molecule has 6 heteroatoms. The molecular formula is C19H24FN3O2. The van der Waals surface area contributed by atoms with Crippen molar-refractivity contribution in [3.8, 4) is 0 Å². The molecule has 2 aromatic rings. The van der Waals surface area contributed by atoms with E-state index in [1.165, 1.54) is 5.56 Å². The second kappa shape index (κ2) is 7.78. The maximum absolute atomic E-state index is 14.8. The summed E-state index contributed by atoms with van der Waals surface area (Å²) in [5, 5.41) is 12.2.